The van der Waals surface area contributed by atoms with Crippen LogP contribution in [0.2, 0.25) is 5.02 Å². The van der Waals surface area contributed by atoms with Gasteiger partial charge in [0.2, 0.25) is 10.0 Å². The van der Waals surface area contributed by atoms with Crippen LogP contribution in [0.1, 0.15) is 24.2 Å². The average molecular weight is 652 g/mol. The minimum absolute atomic E-state index is 0.00262. The molecule has 11 nitrogen and oxygen atoms in total. The summed E-state index contributed by atoms with van der Waals surface area (Å²) < 4.78 is 68.6. The predicted molar refractivity (Wildman–Crippen MR) is 163 cm³/mol. The Morgan fingerprint density at radius 3 is 2.30 bits per heavy atom. The molecule has 0 fully saturated rings. The molecule has 1 aliphatic heterocycles. The highest BCUT2D eigenvalue weighted by molar-refractivity contribution is 7.92. The third-order valence-corrected chi connectivity index (χ3v) is 10.7. The van der Waals surface area contributed by atoms with Gasteiger partial charge in [0.25, 0.3) is 15.9 Å². The first-order valence-electron chi connectivity index (χ1n) is 13.4. The summed E-state index contributed by atoms with van der Waals surface area (Å²) >= 11 is 5.93. The second kappa shape index (κ2) is 13.1. The lowest BCUT2D eigenvalue weighted by Crippen LogP contribution is -2.50. The number of hydrogen-bond acceptors (Lipinski definition) is 8. The Morgan fingerprint density at radius 2 is 1.70 bits per heavy atom. The van der Waals surface area contributed by atoms with Crippen molar-refractivity contribution in [2.75, 3.05) is 38.6 Å². The van der Waals surface area contributed by atoms with Crippen molar-refractivity contribution in [3.63, 3.8) is 0 Å². The zero-order valence-corrected chi connectivity index (χ0v) is 26.5. The molecule has 3 atom stereocenters. The number of halogens is 1. The minimum Gasteiger partial charge on any atom is -0.497 e. The van der Waals surface area contributed by atoms with E-state index in [0.717, 1.165) is 4.31 Å². The third kappa shape index (κ3) is 7.07. The van der Waals surface area contributed by atoms with Gasteiger partial charge in [0, 0.05) is 24.5 Å². The number of ether oxygens (including phenoxy) is 2. The van der Waals surface area contributed by atoms with Crippen LogP contribution in [-0.4, -0.2) is 83.1 Å². The fraction of sp³-hybridized carbons (Fsp3) is 0.345. The molecule has 14 heteroatoms. The van der Waals surface area contributed by atoms with E-state index in [1.807, 2.05) is 0 Å². The van der Waals surface area contributed by atoms with Crippen molar-refractivity contribution in [1.82, 2.24) is 9.21 Å². The Bertz CT molecular complexity index is 1670. The Labute approximate surface area is 257 Å². The van der Waals surface area contributed by atoms with Crippen LogP contribution in [0.15, 0.2) is 76.5 Å². The van der Waals surface area contributed by atoms with Crippen LogP contribution in [-0.2, 0) is 20.0 Å². The number of hydrogen-bond donors (Lipinski definition) is 2. The van der Waals surface area contributed by atoms with E-state index in [4.69, 9.17) is 21.1 Å². The average Bonchev–Trinajstić information content (AvgIpc) is 2.98. The number of amides is 1. The molecule has 0 radical (unpaired) electrons. The van der Waals surface area contributed by atoms with E-state index in [0.29, 0.717) is 10.8 Å². The van der Waals surface area contributed by atoms with Crippen molar-refractivity contribution in [2.24, 2.45) is 5.92 Å². The van der Waals surface area contributed by atoms with E-state index >= 15 is 0 Å². The van der Waals surface area contributed by atoms with Gasteiger partial charge < -0.3 is 19.5 Å². The van der Waals surface area contributed by atoms with E-state index in [9.17, 15) is 26.7 Å². The maximum Gasteiger partial charge on any atom is 0.262 e. The standard InChI is InChI=1S/C29H34ClN3O8S2/c1-19-16-33(20(2)18-34)29(35)25-6-5-7-26(31-42(36,37)23-12-8-21(30)9-13-23)28(25)41-27(19)17-32(3)43(38,39)24-14-10-22(40-4)11-15-24/h5-15,19-20,27,31,34H,16-18H2,1-4H3/t19-,20-,27-/m0/s1. The number of likely N-dealkylation sites (N-methyl/N-ethyl adjacent to an activating group) is 1. The van der Waals surface area contributed by atoms with Gasteiger partial charge in [-0.1, -0.05) is 24.6 Å². The maximum absolute atomic E-state index is 13.7. The molecule has 43 heavy (non-hydrogen) atoms. The smallest absolute Gasteiger partial charge is 0.262 e. The number of aliphatic hydroxyl groups excluding tert-OH is 1. The molecule has 4 rings (SSSR count). The summed E-state index contributed by atoms with van der Waals surface area (Å²) in [6.07, 6.45) is -0.820. The molecule has 3 aromatic rings. The Hall–Kier alpha value is -3.36. The molecular weight excluding hydrogens is 618 g/mol. The van der Waals surface area contributed by atoms with Crippen LogP contribution in [0, 0.1) is 5.92 Å². The summed E-state index contributed by atoms with van der Waals surface area (Å²) in [5.74, 6) is -0.437. The molecular formula is C29H34ClN3O8S2. The van der Waals surface area contributed by atoms with E-state index in [2.05, 4.69) is 4.72 Å². The number of para-hydroxylation sites is 1. The summed E-state index contributed by atoms with van der Waals surface area (Å²) in [7, 11) is -5.18. The van der Waals surface area contributed by atoms with Crippen molar-refractivity contribution >= 4 is 43.2 Å². The highest BCUT2D eigenvalue weighted by Crippen LogP contribution is 2.36. The van der Waals surface area contributed by atoms with Gasteiger partial charge in [0.1, 0.15) is 11.9 Å². The van der Waals surface area contributed by atoms with E-state index in [1.54, 1.807) is 26.0 Å². The number of methoxy groups -OCH3 is 1. The monoisotopic (exact) mass is 651 g/mol. The fourth-order valence-electron chi connectivity index (χ4n) is 4.64. The Morgan fingerprint density at radius 1 is 1.07 bits per heavy atom. The van der Waals surface area contributed by atoms with Gasteiger partial charge in [0.15, 0.2) is 5.75 Å². The predicted octanol–water partition coefficient (Wildman–Crippen LogP) is 3.69. The number of nitrogens with zero attached hydrogens (tertiary/aromatic N) is 2. The van der Waals surface area contributed by atoms with Gasteiger partial charge in [-0.15, -0.1) is 0 Å². The molecule has 1 amide bonds. The maximum atomic E-state index is 13.7. The van der Waals surface area contributed by atoms with Crippen molar-refractivity contribution in [2.45, 2.75) is 35.8 Å². The zero-order valence-electron chi connectivity index (χ0n) is 24.1. The second-order valence-corrected chi connectivity index (χ2v) is 14.5. The number of carbonyl (C=O) groups excluding carboxylic acids is 1. The highest BCUT2D eigenvalue weighted by Gasteiger charge is 2.36. The number of rotatable bonds is 10. The van der Waals surface area contributed by atoms with Crippen LogP contribution in [0.3, 0.4) is 0 Å². The third-order valence-electron chi connectivity index (χ3n) is 7.26. The number of benzene rings is 3. The summed E-state index contributed by atoms with van der Waals surface area (Å²) in [5.41, 5.74) is 0.0614. The lowest BCUT2D eigenvalue weighted by atomic mass is 9.99. The second-order valence-electron chi connectivity index (χ2n) is 10.3. The summed E-state index contributed by atoms with van der Waals surface area (Å²) in [5, 5.41) is 10.3. The molecule has 0 bridgehead atoms. The van der Waals surface area contributed by atoms with E-state index < -0.39 is 44.0 Å². The molecule has 1 aliphatic rings. The number of aliphatic hydroxyl groups is 1. The summed E-state index contributed by atoms with van der Waals surface area (Å²) in [6.45, 7) is 3.21. The summed E-state index contributed by atoms with van der Waals surface area (Å²) in [4.78, 5) is 15.2. The number of fused-ring (bicyclic) bond motifs is 1. The highest BCUT2D eigenvalue weighted by atomic mass is 35.5. The summed E-state index contributed by atoms with van der Waals surface area (Å²) in [6, 6.07) is 15.4. The number of carbonyl (C=O) groups is 1. The molecule has 0 saturated heterocycles. The molecule has 0 aliphatic carbocycles. The lowest BCUT2D eigenvalue weighted by Gasteiger charge is -2.38. The van der Waals surface area contributed by atoms with Gasteiger partial charge in [-0.3, -0.25) is 9.52 Å². The van der Waals surface area contributed by atoms with Crippen LogP contribution < -0.4 is 14.2 Å². The number of nitrogens with one attached hydrogen (secondary N) is 1. The fourth-order valence-corrected chi connectivity index (χ4v) is 7.01. The van der Waals surface area contributed by atoms with Crippen molar-refractivity contribution < 1.29 is 36.2 Å². The van der Waals surface area contributed by atoms with Crippen molar-refractivity contribution in [3.05, 3.63) is 77.3 Å². The quantitative estimate of drug-likeness (QED) is 0.338. The molecule has 0 saturated carbocycles. The van der Waals surface area contributed by atoms with Crippen LogP contribution in [0.5, 0.6) is 11.5 Å². The minimum atomic E-state index is -4.13. The molecule has 232 valence electrons. The first kappa shape index (κ1) is 32.6. The molecule has 2 N–H and O–H groups in total. The van der Waals surface area contributed by atoms with Gasteiger partial charge in [-0.05, 0) is 67.6 Å². The topological polar surface area (TPSA) is 143 Å². The SMILES string of the molecule is COc1ccc(S(=O)(=O)N(C)C[C@@H]2Oc3c(NS(=O)(=O)c4ccc(Cl)cc4)cccc3C(=O)N([C@@H](C)CO)C[C@@H]2C)cc1. The van der Waals surface area contributed by atoms with Crippen molar-refractivity contribution in [1.29, 1.82) is 0 Å². The van der Waals surface area contributed by atoms with Gasteiger partial charge in [-0.25, -0.2) is 16.8 Å². The first-order valence-corrected chi connectivity index (χ1v) is 16.7. The van der Waals surface area contributed by atoms with Gasteiger partial charge in [0.05, 0.1) is 47.3 Å². The number of sulfonamides is 2. The van der Waals surface area contributed by atoms with Crippen LogP contribution >= 0.6 is 11.6 Å². The Balaban J connectivity index is 1.74. The lowest BCUT2D eigenvalue weighted by molar-refractivity contribution is 0.0389. The molecule has 0 aromatic heterocycles. The zero-order chi connectivity index (χ0) is 31.5. The number of anilines is 1. The van der Waals surface area contributed by atoms with Gasteiger partial charge in [-0.2, -0.15) is 4.31 Å². The normalized spacial score (nSPS) is 18.3. The molecule has 0 spiro atoms. The first-order chi connectivity index (χ1) is 20.3. The molecule has 3 aromatic carbocycles. The molecule has 0 unspecified atom stereocenters. The Kier molecular flexibility index (Phi) is 9.92. The van der Waals surface area contributed by atoms with Crippen LogP contribution in [0.4, 0.5) is 5.69 Å². The largest absolute Gasteiger partial charge is 0.497 e. The molecule has 1 heterocycles. The van der Waals surface area contributed by atoms with E-state index in [-0.39, 0.29) is 46.5 Å². The van der Waals surface area contributed by atoms with Crippen molar-refractivity contribution in [3.8, 4) is 11.5 Å². The van der Waals surface area contributed by atoms with E-state index in [1.165, 1.54) is 73.7 Å². The van der Waals surface area contributed by atoms with Gasteiger partial charge >= 0.3 is 0 Å². The van der Waals surface area contributed by atoms with Crippen LogP contribution in [0.25, 0.3) is 0 Å².